The van der Waals surface area contributed by atoms with Crippen molar-refractivity contribution in [1.29, 1.82) is 0 Å². The third-order valence-electron chi connectivity index (χ3n) is 3.01. The van der Waals surface area contributed by atoms with Crippen LogP contribution in [0.15, 0.2) is 12.2 Å². The average molecular weight is 233 g/mol. The lowest BCUT2D eigenvalue weighted by Crippen LogP contribution is -2.54. The van der Waals surface area contributed by atoms with Crippen molar-refractivity contribution in [2.75, 3.05) is 6.26 Å². The number of hydrogen-bond donors (Lipinski definition) is 1. The molecular formula is C10H19NO3S. The summed E-state index contributed by atoms with van der Waals surface area (Å²) in [5.41, 5.74) is 4.15. The van der Waals surface area contributed by atoms with Gasteiger partial charge in [-0.2, -0.15) is 0 Å². The zero-order valence-corrected chi connectivity index (χ0v) is 9.87. The third-order valence-corrected chi connectivity index (χ3v) is 3.01. The number of fused-ring (bicyclic) bond motifs is 1. The van der Waals surface area contributed by atoms with Crippen LogP contribution in [-0.4, -0.2) is 25.3 Å². The van der Waals surface area contributed by atoms with Crippen molar-refractivity contribution in [1.82, 2.24) is 0 Å². The molecule has 5 heteroatoms. The molecule has 1 saturated carbocycles. The minimum Gasteiger partial charge on any atom is -0.748 e. The second-order valence-corrected chi connectivity index (χ2v) is 5.73. The lowest BCUT2D eigenvalue weighted by Gasteiger charge is -1.97. The summed E-state index contributed by atoms with van der Waals surface area (Å²) in [4.78, 5) is 0. The van der Waals surface area contributed by atoms with Crippen molar-refractivity contribution in [3.8, 4) is 0 Å². The number of hydrogen-bond acceptors (Lipinski definition) is 3. The molecule has 4 nitrogen and oxygen atoms in total. The first-order valence-corrected chi connectivity index (χ1v) is 7.10. The highest BCUT2D eigenvalue weighted by Gasteiger charge is 2.49. The first-order chi connectivity index (χ1) is 6.89. The van der Waals surface area contributed by atoms with Gasteiger partial charge in [0.15, 0.2) is 0 Å². The van der Waals surface area contributed by atoms with Crippen molar-refractivity contribution in [2.45, 2.75) is 31.7 Å². The van der Waals surface area contributed by atoms with Gasteiger partial charge in [0.2, 0.25) is 0 Å². The highest BCUT2D eigenvalue weighted by Crippen LogP contribution is 2.43. The zero-order chi connectivity index (χ0) is 11.5. The predicted octanol–water partition coefficient (Wildman–Crippen LogP) is 0.135. The summed E-state index contributed by atoms with van der Waals surface area (Å²) in [5.74, 6) is 1.98. The van der Waals surface area contributed by atoms with Crippen LogP contribution >= 0.6 is 0 Å². The van der Waals surface area contributed by atoms with Gasteiger partial charge in [0.25, 0.3) is 0 Å². The quantitative estimate of drug-likeness (QED) is 0.477. The van der Waals surface area contributed by atoms with Crippen LogP contribution in [0.3, 0.4) is 0 Å². The molecule has 2 aliphatic carbocycles. The molecule has 0 heterocycles. The molecule has 15 heavy (non-hydrogen) atoms. The molecule has 2 rings (SSSR count). The van der Waals surface area contributed by atoms with E-state index in [9.17, 15) is 0 Å². The van der Waals surface area contributed by atoms with E-state index in [1.807, 2.05) is 0 Å². The lowest BCUT2D eigenvalue weighted by molar-refractivity contribution is -0.393. The minimum atomic E-state index is -3.92. The van der Waals surface area contributed by atoms with Crippen LogP contribution in [0.4, 0.5) is 0 Å². The van der Waals surface area contributed by atoms with Crippen LogP contribution < -0.4 is 5.73 Å². The summed E-state index contributed by atoms with van der Waals surface area (Å²) in [7, 11) is -3.92. The maximum Gasteiger partial charge on any atom is 0.0916 e. The Labute approximate surface area is 91.3 Å². The standard InChI is InChI=1S/C9H15N.CH4O3S/c10-9-7-5-3-1-2-4-6-8(7)9;1-5(2,3)4/h1-2,7-9H,3-6,10H2;1H3,(H,2,3,4). The molecule has 0 aromatic carbocycles. The molecular weight excluding hydrogens is 214 g/mol. The van der Waals surface area contributed by atoms with Gasteiger partial charge in [-0.3, -0.25) is 0 Å². The summed E-state index contributed by atoms with van der Waals surface area (Å²) in [6.07, 6.45) is 10.7. The fourth-order valence-electron chi connectivity index (χ4n) is 2.19. The normalized spacial score (nSPS) is 34.2. The first-order valence-electron chi connectivity index (χ1n) is 5.28. The van der Waals surface area contributed by atoms with Crippen molar-refractivity contribution in [3.05, 3.63) is 12.2 Å². The van der Waals surface area contributed by atoms with Crippen LogP contribution in [0.25, 0.3) is 0 Å². The molecule has 0 bridgehead atoms. The summed E-state index contributed by atoms with van der Waals surface area (Å²) < 4.78 is 27.2. The number of allylic oxidation sites excluding steroid dienone is 2. The Kier molecular flexibility index (Phi) is 4.31. The van der Waals surface area contributed by atoms with Crippen molar-refractivity contribution in [3.63, 3.8) is 0 Å². The lowest BCUT2D eigenvalue weighted by atomic mass is 10.1. The van der Waals surface area contributed by atoms with E-state index in [0.717, 1.165) is 17.9 Å². The van der Waals surface area contributed by atoms with Crippen molar-refractivity contribution >= 4 is 10.1 Å². The highest BCUT2D eigenvalue weighted by molar-refractivity contribution is 7.84. The summed E-state index contributed by atoms with van der Waals surface area (Å²) in [6, 6.07) is 0.805. The molecule has 0 amide bonds. The molecule has 88 valence electrons. The molecule has 0 spiro atoms. The Hall–Kier alpha value is -0.390. The molecule has 3 N–H and O–H groups in total. The molecule has 0 aliphatic heterocycles. The molecule has 2 unspecified atom stereocenters. The number of rotatable bonds is 0. The van der Waals surface area contributed by atoms with E-state index < -0.39 is 10.1 Å². The van der Waals surface area contributed by atoms with Gasteiger partial charge in [-0.25, -0.2) is 8.42 Å². The van der Waals surface area contributed by atoms with Crippen LogP contribution in [-0.2, 0) is 10.1 Å². The van der Waals surface area contributed by atoms with E-state index in [1.165, 1.54) is 25.7 Å². The molecule has 1 fully saturated rings. The van der Waals surface area contributed by atoms with E-state index in [0.29, 0.717) is 6.26 Å². The monoisotopic (exact) mass is 233 g/mol. The van der Waals surface area contributed by atoms with E-state index >= 15 is 0 Å². The Morgan fingerprint density at radius 3 is 1.87 bits per heavy atom. The van der Waals surface area contributed by atoms with Gasteiger partial charge in [-0.15, -0.1) is 0 Å². The van der Waals surface area contributed by atoms with Crippen molar-refractivity contribution in [2.24, 2.45) is 11.8 Å². The molecule has 0 aromatic heterocycles. The predicted molar refractivity (Wildman–Crippen MR) is 56.9 cm³/mol. The maximum atomic E-state index is 9.08. The van der Waals surface area contributed by atoms with E-state index in [4.69, 9.17) is 13.0 Å². The van der Waals surface area contributed by atoms with Gasteiger partial charge in [0, 0.05) is 18.1 Å². The topological polar surface area (TPSA) is 84.8 Å². The van der Waals surface area contributed by atoms with Crippen LogP contribution in [0.2, 0.25) is 0 Å². The fraction of sp³-hybridized carbons (Fsp3) is 0.800. The van der Waals surface area contributed by atoms with Crippen LogP contribution in [0.5, 0.6) is 0 Å². The second kappa shape index (κ2) is 5.09. The average Bonchev–Trinajstić information content (AvgIpc) is 2.53. The van der Waals surface area contributed by atoms with E-state index in [2.05, 4.69) is 17.9 Å². The minimum absolute atomic E-state index is 0.604. The zero-order valence-electron chi connectivity index (χ0n) is 9.06. The molecule has 2 atom stereocenters. The highest BCUT2D eigenvalue weighted by atomic mass is 32.2. The maximum absolute atomic E-state index is 9.08. The molecule has 0 aromatic rings. The molecule has 0 saturated heterocycles. The van der Waals surface area contributed by atoms with E-state index in [-0.39, 0.29) is 0 Å². The van der Waals surface area contributed by atoms with Gasteiger partial charge in [-0.05, 0) is 25.7 Å². The van der Waals surface area contributed by atoms with Crippen LogP contribution in [0, 0.1) is 11.8 Å². The second-order valence-electron chi connectivity index (χ2n) is 4.32. The van der Waals surface area contributed by atoms with Crippen LogP contribution in [0.1, 0.15) is 25.7 Å². The Morgan fingerprint density at radius 1 is 1.20 bits per heavy atom. The summed E-state index contributed by atoms with van der Waals surface area (Å²) >= 11 is 0. The van der Waals surface area contributed by atoms with Gasteiger partial charge in [0.05, 0.1) is 16.2 Å². The SMILES string of the molecule is CS(=O)(=O)[O-].[NH3+]C1C2CCC=CCCC12. The van der Waals surface area contributed by atoms with Gasteiger partial charge in [0.1, 0.15) is 0 Å². The van der Waals surface area contributed by atoms with Crippen molar-refractivity contribution < 1.29 is 18.7 Å². The Morgan fingerprint density at radius 2 is 1.53 bits per heavy atom. The molecule has 0 radical (unpaired) electrons. The Balaban J connectivity index is 0.000000195. The smallest absolute Gasteiger partial charge is 0.0916 e. The number of quaternary nitrogens is 1. The third kappa shape index (κ3) is 5.30. The first kappa shape index (κ1) is 12.7. The fourth-order valence-corrected chi connectivity index (χ4v) is 2.19. The van der Waals surface area contributed by atoms with Gasteiger partial charge in [-0.1, -0.05) is 12.2 Å². The van der Waals surface area contributed by atoms with Gasteiger partial charge >= 0.3 is 0 Å². The Bertz CT molecular complexity index is 300. The van der Waals surface area contributed by atoms with E-state index in [1.54, 1.807) is 0 Å². The summed E-state index contributed by atoms with van der Waals surface area (Å²) in [5, 5.41) is 0. The largest absolute Gasteiger partial charge is 0.748 e. The van der Waals surface area contributed by atoms with Gasteiger partial charge < -0.3 is 10.3 Å². The summed E-state index contributed by atoms with van der Waals surface area (Å²) in [6.45, 7) is 0. The molecule has 2 aliphatic rings.